The van der Waals surface area contributed by atoms with Crippen molar-refractivity contribution in [1.29, 1.82) is 0 Å². The molecule has 2 amide bonds. The molecular weight excluding hydrogens is 314 g/mol. The Balaban J connectivity index is 1.95. The highest BCUT2D eigenvalue weighted by Gasteiger charge is 2.36. The number of benzene rings is 1. The van der Waals surface area contributed by atoms with Gasteiger partial charge in [-0.2, -0.15) is 0 Å². The number of hydrogen-bond acceptors (Lipinski definition) is 4. The highest BCUT2D eigenvalue weighted by atomic mass is 16.2. The number of imide groups is 1. The molecule has 1 aromatic carbocycles. The third-order valence-electron chi connectivity index (χ3n) is 5.32. The van der Waals surface area contributed by atoms with Gasteiger partial charge in [0.05, 0.1) is 17.8 Å². The molecule has 2 saturated heterocycles. The van der Waals surface area contributed by atoms with Crippen LogP contribution in [0.5, 0.6) is 0 Å². The second-order valence-electron chi connectivity index (χ2n) is 7.26. The van der Waals surface area contributed by atoms with Gasteiger partial charge in [-0.15, -0.1) is 0 Å². The van der Waals surface area contributed by atoms with Crippen molar-refractivity contribution in [3.63, 3.8) is 0 Å². The number of carbonyl (C=O) groups excluding carboxylic acids is 2. The first kappa shape index (κ1) is 18.1. The van der Waals surface area contributed by atoms with Crippen LogP contribution in [0.2, 0.25) is 0 Å². The molecule has 2 fully saturated rings. The van der Waals surface area contributed by atoms with E-state index in [1.807, 2.05) is 32.0 Å². The zero-order valence-electron chi connectivity index (χ0n) is 15.3. The number of piperidine rings is 2. The maximum absolute atomic E-state index is 13.3. The molecule has 2 heterocycles. The number of nitrogens with zero attached hydrogens (tertiary/aromatic N) is 1. The quantitative estimate of drug-likeness (QED) is 0.828. The Morgan fingerprint density at radius 2 is 1.36 bits per heavy atom. The standard InChI is InChI=1S/C20H29N3O2/c1-14-8-7-9-15(2)18(14)23(19(24)16-10-3-5-12-21-16)20(25)17-11-4-6-13-22-17/h7-9,16-17,21-22H,3-6,10-13H2,1-2H3. The predicted molar refractivity (Wildman–Crippen MR) is 99.7 cm³/mol. The van der Waals surface area contributed by atoms with Gasteiger partial charge in [-0.05, 0) is 63.7 Å². The smallest absolute Gasteiger partial charge is 0.250 e. The Hall–Kier alpha value is -1.72. The molecule has 2 unspecified atom stereocenters. The summed E-state index contributed by atoms with van der Waals surface area (Å²) in [6.45, 7) is 5.62. The summed E-state index contributed by atoms with van der Waals surface area (Å²) in [7, 11) is 0. The average Bonchev–Trinajstić information content (AvgIpc) is 2.65. The molecular formula is C20H29N3O2. The fourth-order valence-corrected chi connectivity index (χ4v) is 3.92. The van der Waals surface area contributed by atoms with E-state index in [4.69, 9.17) is 0 Å². The lowest BCUT2D eigenvalue weighted by Crippen LogP contribution is -2.56. The number of nitrogens with one attached hydrogen (secondary N) is 2. The van der Waals surface area contributed by atoms with Crippen molar-refractivity contribution in [1.82, 2.24) is 10.6 Å². The average molecular weight is 343 g/mol. The zero-order chi connectivity index (χ0) is 17.8. The second-order valence-corrected chi connectivity index (χ2v) is 7.26. The van der Waals surface area contributed by atoms with E-state index in [0.717, 1.165) is 68.4 Å². The van der Waals surface area contributed by atoms with Gasteiger partial charge < -0.3 is 10.6 Å². The van der Waals surface area contributed by atoms with E-state index in [1.165, 1.54) is 4.90 Å². The van der Waals surface area contributed by atoms with Crippen LogP contribution in [0.3, 0.4) is 0 Å². The minimum atomic E-state index is -0.264. The van der Waals surface area contributed by atoms with Crippen molar-refractivity contribution >= 4 is 17.5 Å². The van der Waals surface area contributed by atoms with E-state index < -0.39 is 0 Å². The minimum absolute atomic E-state index is 0.102. The highest BCUT2D eigenvalue weighted by Crippen LogP contribution is 2.28. The van der Waals surface area contributed by atoms with Gasteiger partial charge in [0, 0.05) is 0 Å². The lowest BCUT2D eigenvalue weighted by atomic mass is 9.98. The van der Waals surface area contributed by atoms with Gasteiger partial charge in [0.1, 0.15) is 0 Å². The maximum Gasteiger partial charge on any atom is 0.250 e. The number of anilines is 1. The van der Waals surface area contributed by atoms with E-state index in [-0.39, 0.29) is 23.9 Å². The van der Waals surface area contributed by atoms with Gasteiger partial charge >= 0.3 is 0 Å². The second kappa shape index (κ2) is 8.11. The fraction of sp³-hybridized carbons (Fsp3) is 0.600. The van der Waals surface area contributed by atoms with Crippen LogP contribution in [-0.4, -0.2) is 37.0 Å². The molecule has 2 aliphatic heterocycles. The summed E-state index contributed by atoms with van der Waals surface area (Å²) in [6.07, 6.45) is 5.83. The minimum Gasteiger partial charge on any atom is -0.306 e. The molecule has 1 aromatic rings. The van der Waals surface area contributed by atoms with Gasteiger partial charge in [-0.1, -0.05) is 31.0 Å². The van der Waals surface area contributed by atoms with Crippen molar-refractivity contribution in [3.8, 4) is 0 Å². The molecule has 2 N–H and O–H groups in total. The summed E-state index contributed by atoms with van der Waals surface area (Å²) in [4.78, 5) is 28.1. The number of rotatable bonds is 3. The van der Waals surface area contributed by atoms with E-state index >= 15 is 0 Å². The van der Waals surface area contributed by atoms with Gasteiger partial charge in [0.2, 0.25) is 0 Å². The predicted octanol–water partition coefficient (Wildman–Crippen LogP) is 2.45. The Bertz CT molecular complexity index is 582. The number of aryl methyl sites for hydroxylation is 2. The largest absolute Gasteiger partial charge is 0.306 e. The molecule has 0 bridgehead atoms. The third kappa shape index (κ3) is 3.93. The zero-order valence-corrected chi connectivity index (χ0v) is 15.3. The molecule has 0 aliphatic carbocycles. The van der Waals surface area contributed by atoms with Crippen LogP contribution < -0.4 is 15.5 Å². The van der Waals surface area contributed by atoms with Crippen LogP contribution in [0.15, 0.2) is 18.2 Å². The van der Waals surface area contributed by atoms with Crippen LogP contribution in [0.25, 0.3) is 0 Å². The first-order valence-electron chi connectivity index (χ1n) is 9.50. The van der Waals surface area contributed by atoms with E-state index in [0.29, 0.717) is 0 Å². The molecule has 0 spiro atoms. The first-order valence-corrected chi connectivity index (χ1v) is 9.50. The summed E-state index contributed by atoms with van der Waals surface area (Å²) in [6, 6.07) is 5.39. The number of para-hydroxylation sites is 1. The van der Waals surface area contributed by atoms with Crippen LogP contribution in [-0.2, 0) is 9.59 Å². The molecule has 5 heteroatoms. The Morgan fingerprint density at radius 3 is 1.76 bits per heavy atom. The summed E-state index contributed by atoms with van der Waals surface area (Å²) >= 11 is 0. The molecule has 2 aliphatic rings. The summed E-state index contributed by atoms with van der Waals surface area (Å²) in [5.74, 6) is -0.205. The Kier molecular flexibility index (Phi) is 5.86. The summed E-state index contributed by atoms with van der Waals surface area (Å²) < 4.78 is 0. The molecule has 3 rings (SSSR count). The van der Waals surface area contributed by atoms with Crippen molar-refractivity contribution in [3.05, 3.63) is 29.3 Å². The first-order chi connectivity index (χ1) is 12.1. The topological polar surface area (TPSA) is 61.4 Å². The van der Waals surface area contributed by atoms with E-state index in [9.17, 15) is 9.59 Å². The van der Waals surface area contributed by atoms with Gasteiger partial charge in [0.15, 0.2) is 0 Å². The monoisotopic (exact) mass is 343 g/mol. The molecule has 0 radical (unpaired) electrons. The number of hydrogen-bond donors (Lipinski definition) is 2. The third-order valence-corrected chi connectivity index (χ3v) is 5.32. The molecule has 25 heavy (non-hydrogen) atoms. The van der Waals surface area contributed by atoms with Gasteiger partial charge in [0.25, 0.3) is 11.8 Å². The van der Waals surface area contributed by atoms with Crippen LogP contribution in [0.1, 0.15) is 49.7 Å². The summed E-state index contributed by atoms with van der Waals surface area (Å²) in [5.41, 5.74) is 2.69. The molecule has 2 atom stereocenters. The lowest BCUT2D eigenvalue weighted by molar-refractivity contribution is -0.129. The van der Waals surface area contributed by atoms with Gasteiger partial charge in [-0.3, -0.25) is 9.59 Å². The Morgan fingerprint density at radius 1 is 0.880 bits per heavy atom. The highest BCUT2D eigenvalue weighted by molar-refractivity contribution is 6.19. The van der Waals surface area contributed by atoms with Crippen molar-refractivity contribution < 1.29 is 9.59 Å². The molecule has 136 valence electrons. The summed E-state index contributed by atoms with van der Waals surface area (Å²) in [5, 5.41) is 6.60. The van der Waals surface area contributed by atoms with Crippen LogP contribution in [0, 0.1) is 13.8 Å². The van der Waals surface area contributed by atoms with Crippen molar-refractivity contribution in [2.45, 2.75) is 64.5 Å². The van der Waals surface area contributed by atoms with Crippen LogP contribution in [0.4, 0.5) is 5.69 Å². The van der Waals surface area contributed by atoms with E-state index in [1.54, 1.807) is 0 Å². The molecule has 0 saturated carbocycles. The lowest BCUT2D eigenvalue weighted by Gasteiger charge is -2.34. The number of amides is 2. The molecule has 0 aromatic heterocycles. The SMILES string of the molecule is Cc1cccc(C)c1N(C(=O)C1CCCCN1)C(=O)C1CCCCN1. The fourth-order valence-electron chi connectivity index (χ4n) is 3.92. The van der Waals surface area contributed by atoms with Crippen molar-refractivity contribution in [2.75, 3.05) is 18.0 Å². The Labute approximate surface area is 150 Å². The normalized spacial score (nSPS) is 23.9. The van der Waals surface area contributed by atoms with E-state index in [2.05, 4.69) is 10.6 Å². The number of carbonyl (C=O) groups is 2. The molecule has 5 nitrogen and oxygen atoms in total. The van der Waals surface area contributed by atoms with Gasteiger partial charge in [-0.25, -0.2) is 4.90 Å². The maximum atomic E-state index is 13.3. The van der Waals surface area contributed by atoms with Crippen LogP contribution >= 0.6 is 0 Å². The van der Waals surface area contributed by atoms with Crippen molar-refractivity contribution in [2.24, 2.45) is 0 Å².